The van der Waals surface area contributed by atoms with E-state index in [1.54, 1.807) is 13.3 Å². The van der Waals surface area contributed by atoms with Gasteiger partial charge in [0.15, 0.2) is 0 Å². The van der Waals surface area contributed by atoms with Gasteiger partial charge in [-0.25, -0.2) is 4.99 Å². The maximum Gasteiger partial charge on any atom is 0.255 e. The van der Waals surface area contributed by atoms with Crippen LogP contribution in [0.4, 0.5) is 5.88 Å². The molecule has 2 aliphatic heterocycles. The molecule has 6 heteroatoms. The normalized spacial score (nSPS) is 15.1. The average molecular weight is 322 g/mol. The summed E-state index contributed by atoms with van der Waals surface area (Å²) in [4.78, 5) is 23.5. The lowest BCUT2D eigenvalue weighted by atomic mass is 10.1. The van der Waals surface area contributed by atoms with Gasteiger partial charge >= 0.3 is 0 Å². The first-order chi connectivity index (χ1) is 11.6. The summed E-state index contributed by atoms with van der Waals surface area (Å²) in [7, 11) is 0. The van der Waals surface area contributed by atoms with E-state index in [1.165, 1.54) is 5.56 Å². The molecule has 4 rings (SSSR count). The molecule has 24 heavy (non-hydrogen) atoms. The van der Waals surface area contributed by atoms with Gasteiger partial charge in [-0.2, -0.15) is 0 Å². The van der Waals surface area contributed by atoms with Crippen LogP contribution in [-0.4, -0.2) is 36.1 Å². The van der Waals surface area contributed by atoms with Crippen molar-refractivity contribution in [1.29, 1.82) is 0 Å². The summed E-state index contributed by atoms with van der Waals surface area (Å²) in [5, 5.41) is 2.97. The number of aryl methyl sites for hydroxylation is 2. The smallest absolute Gasteiger partial charge is 0.255 e. The minimum Gasteiger partial charge on any atom is -0.442 e. The molecule has 122 valence electrons. The summed E-state index contributed by atoms with van der Waals surface area (Å²) in [6.45, 7) is 5.78. The van der Waals surface area contributed by atoms with Crippen LogP contribution in [0.1, 0.15) is 32.8 Å². The Kier molecular flexibility index (Phi) is 3.45. The zero-order valence-corrected chi connectivity index (χ0v) is 13.7. The van der Waals surface area contributed by atoms with Gasteiger partial charge in [-0.05, 0) is 19.4 Å². The fourth-order valence-electron chi connectivity index (χ4n) is 3.00. The van der Waals surface area contributed by atoms with E-state index in [2.05, 4.69) is 15.3 Å². The SMILES string of the molecule is Cc1ccc(CNC(=O)c2c(C)oc3c2C2=NCCN2C=N3)cc1. The Morgan fingerprint density at radius 1 is 1.29 bits per heavy atom. The Balaban J connectivity index is 1.60. The first kappa shape index (κ1) is 14.7. The number of hydrogen-bond acceptors (Lipinski definition) is 5. The van der Waals surface area contributed by atoms with Crippen molar-refractivity contribution in [3.63, 3.8) is 0 Å². The van der Waals surface area contributed by atoms with Crippen molar-refractivity contribution >= 4 is 24.0 Å². The summed E-state index contributed by atoms with van der Waals surface area (Å²) in [5.74, 6) is 1.64. The van der Waals surface area contributed by atoms with Crippen molar-refractivity contribution < 1.29 is 9.21 Å². The highest BCUT2D eigenvalue weighted by Crippen LogP contribution is 2.34. The largest absolute Gasteiger partial charge is 0.442 e. The van der Waals surface area contributed by atoms with Crippen molar-refractivity contribution in [3.05, 3.63) is 52.3 Å². The number of hydrogen-bond donors (Lipinski definition) is 1. The van der Waals surface area contributed by atoms with Gasteiger partial charge in [-0.15, -0.1) is 0 Å². The van der Waals surface area contributed by atoms with Crippen LogP contribution < -0.4 is 5.32 Å². The topological polar surface area (TPSA) is 70.2 Å². The van der Waals surface area contributed by atoms with Crippen molar-refractivity contribution in [1.82, 2.24) is 10.2 Å². The zero-order valence-electron chi connectivity index (χ0n) is 13.7. The molecule has 0 aliphatic carbocycles. The molecule has 0 saturated heterocycles. The number of fused-ring (bicyclic) bond motifs is 3. The third-order valence-electron chi connectivity index (χ3n) is 4.28. The predicted octanol–water partition coefficient (Wildman–Crippen LogP) is 2.56. The molecule has 6 nitrogen and oxygen atoms in total. The second-order valence-electron chi connectivity index (χ2n) is 6.02. The molecule has 1 amide bonds. The van der Waals surface area contributed by atoms with Crippen LogP contribution in [0.2, 0.25) is 0 Å². The van der Waals surface area contributed by atoms with Gasteiger partial charge < -0.3 is 14.6 Å². The van der Waals surface area contributed by atoms with Crippen molar-refractivity contribution in [2.24, 2.45) is 9.98 Å². The van der Waals surface area contributed by atoms with E-state index in [0.717, 1.165) is 17.9 Å². The molecule has 0 unspecified atom stereocenters. The van der Waals surface area contributed by atoms with Gasteiger partial charge in [-0.3, -0.25) is 9.79 Å². The molecule has 2 aromatic rings. The molecule has 1 N–H and O–H groups in total. The van der Waals surface area contributed by atoms with Crippen LogP contribution in [0, 0.1) is 13.8 Å². The lowest BCUT2D eigenvalue weighted by molar-refractivity contribution is 0.0949. The highest BCUT2D eigenvalue weighted by Gasteiger charge is 2.33. The number of nitrogens with zero attached hydrogens (tertiary/aromatic N) is 3. The van der Waals surface area contributed by atoms with Crippen LogP contribution in [0.15, 0.2) is 38.7 Å². The number of amides is 1. The van der Waals surface area contributed by atoms with Crippen LogP contribution >= 0.6 is 0 Å². The minimum absolute atomic E-state index is 0.162. The molecule has 0 fully saturated rings. The quantitative estimate of drug-likeness (QED) is 0.944. The van der Waals surface area contributed by atoms with Crippen molar-refractivity contribution in [2.75, 3.05) is 13.1 Å². The molecule has 0 bridgehead atoms. The number of carbonyl (C=O) groups excluding carboxylic acids is 1. The first-order valence-electron chi connectivity index (χ1n) is 7.96. The maximum absolute atomic E-state index is 12.7. The van der Waals surface area contributed by atoms with Crippen molar-refractivity contribution in [2.45, 2.75) is 20.4 Å². The van der Waals surface area contributed by atoms with E-state index in [4.69, 9.17) is 4.42 Å². The number of nitrogens with one attached hydrogen (secondary N) is 1. The number of aliphatic imine (C=N–C) groups is 2. The fourth-order valence-corrected chi connectivity index (χ4v) is 3.00. The molecule has 1 aromatic heterocycles. The second kappa shape index (κ2) is 5.63. The standard InChI is InChI=1S/C18H18N4O2/c1-11-3-5-13(6-4-11)9-20-17(23)14-12(2)24-18-15(14)16-19-7-8-22(16)10-21-18/h3-6,10H,7-9H2,1-2H3,(H,20,23). The Hall–Kier alpha value is -2.89. The monoisotopic (exact) mass is 322 g/mol. The van der Waals surface area contributed by atoms with E-state index in [-0.39, 0.29) is 5.91 Å². The van der Waals surface area contributed by atoms with Gasteiger partial charge in [-0.1, -0.05) is 29.8 Å². The summed E-state index contributed by atoms with van der Waals surface area (Å²) in [6, 6.07) is 8.10. The third kappa shape index (κ3) is 2.40. The Morgan fingerprint density at radius 3 is 2.88 bits per heavy atom. The fraction of sp³-hybridized carbons (Fsp3) is 0.278. The number of benzene rings is 1. The molecular formula is C18H18N4O2. The zero-order chi connectivity index (χ0) is 16.7. The number of amidine groups is 1. The molecule has 0 atom stereocenters. The van der Waals surface area contributed by atoms with Crippen LogP contribution in [0.5, 0.6) is 0 Å². The molecule has 0 spiro atoms. The maximum atomic E-state index is 12.7. The summed E-state index contributed by atoms with van der Waals surface area (Å²) >= 11 is 0. The van der Waals surface area contributed by atoms with E-state index in [1.807, 2.05) is 36.1 Å². The van der Waals surface area contributed by atoms with E-state index in [9.17, 15) is 4.79 Å². The Labute approximate surface area is 139 Å². The summed E-state index contributed by atoms with van der Waals surface area (Å²) in [6.07, 6.45) is 1.71. The first-order valence-corrected chi connectivity index (χ1v) is 7.96. The Bertz CT molecular complexity index is 862. The van der Waals surface area contributed by atoms with Crippen molar-refractivity contribution in [3.8, 4) is 0 Å². The lowest BCUT2D eigenvalue weighted by Crippen LogP contribution is -2.32. The molecule has 0 saturated carbocycles. The highest BCUT2D eigenvalue weighted by atomic mass is 16.4. The number of furan rings is 1. The second-order valence-corrected chi connectivity index (χ2v) is 6.02. The van der Waals surface area contributed by atoms with E-state index >= 15 is 0 Å². The van der Waals surface area contributed by atoms with Gasteiger partial charge in [0.25, 0.3) is 5.91 Å². The molecule has 2 aliphatic rings. The summed E-state index contributed by atoms with van der Waals surface area (Å²) in [5.41, 5.74) is 3.48. The van der Waals surface area contributed by atoms with Gasteiger partial charge in [0, 0.05) is 13.1 Å². The molecule has 1 aromatic carbocycles. The lowest BCUT2D eigenvalue weighted by Gasteiger charge is -2.18. The molecular weight excluding hydrogens is 304 g/mol. The summed E-state index contributed by atoms with van der Waals surface area (Å²) < 4.78 is 5.67. The van der Waals surface area contributed by atoms with Crippen LogP contribution in [-0.2, 0) is 6.54 Å². The predicted molar refractivity (Wildman–Crippen MR) is 92.1 cm³/mol. The van der Waals surface area contributed by atoms with Gasteiger partial charge in [0.2, 0.25) is 5.88 Å². The molecule has 3 heterocycles. The molecule has 0 radical (unpaired) electrons. The van der Waals surface area contributed by atoms with Crippen LogP contribution in [0.25, 0.3) is 0 Å². The highest BCUT2D eigenvalue weighted by molar-refractivity contribution is 6.17. The third-order valence-corrected chi connectivity index (χ3v) is 4.28. The van der Waals surface area contributed by atoms with E-state index in [0.29, 0.717) is 35.9 Å². The number of rotatable bonds is 3. The average Bonchev–Trinajstić information content (AvgIpc) is 3.16. The van der Waals surface area contributed by atoms with Crippen LogP contribution in [0.3, 0.4) is 0 Å². The van der Waals surface area contributed by atoms with E-state index < -0.39 is 0 Å². The number of carbonyl (C=O) groups is 1. The Morgan fingerprint density at radius 2 is 2.08 bits per heavy atom. The minimum atomic E-state index is -0.162. The van der Waals surface area contributed by atoms with Gasteiger partial charge in [0.05, 0.1) is 17.7 Å². The van der Waals surface area contributed by atoms with Gasteiger partial charge in [0.1, 0.15) is 17.9 Å².